The average Bonchev–Trinajstić information content (AvgIpc) is 2.92. The monoisotopic (exact) mass is 344 g/mol. The summed E-state index contributed by atoms with van der Waals surface area (Å²) in [6.45, 7) is 5.06. The first kappa shape index (κ1) is 17.5. The van der Waals surface area contributed by atoms with Crippen molar-refractivity contribution >= 4 is 23.8 Å². The predicted molar refractivity (Wildman–Crippen MR) is 94.2 cm³/mol. The molecule has 1 aromatic rings. The highest BCUT2D eigenvalue weighted by Gasteiger charge is 2.32. The maximum Gasteiger partial charge on any atom is 0.229 e. The number of aldehydes is 1. The number of fused-ring (bicyclic) bond motifs is 1. The number of hydrogen-bond acceptors (Lipinski definition) is 5. The molecule has 25 heavy (non-hydrogen) atoms. The van der Waals surface area contributed by atoms with Gasteiger partial charge in [-0.3, -0.25) is 19.3 Å². The van der Waals surface area contributed by atoms with Crippen molar-refractivity contribution in [3.05, 3.63) is 22.8 Å². The molecule has 0 saturated carbocycles. The zero-order valence-electron chi connectivity index (χ0n) is 15.0. The van der Waals surface area contributed by atoms with Crippen LogP contribution in [-0.2, 0) is 16.0 Å². The number of carbonyl (C=O) groups is 3. The van der Waals surface area contributed by atoms with Gasteiger partial charge in [-0.15, -0.1) is 0 Å². The molecule has 0 bridgehead atoms. The Bertz CT molecular complexity index is 713. The van der Waals surface area contributed by atoms with Gasteiger partial charge in [0.1, 0.15) is 12.0 Å². The number of benzene rings is 1. The lowest BCUT2D eigenvalue weighted by atomic mass is 9.90. The normalized spacial score (nSPS) is 20.0. The zero-order chi connectivity index (χ0) is 18.1. The van der Waals surface area contributed by atoms with Crippen LogP contribution >= 0.6 is 0 Å². The zero-order valence-corrected chi connectivity index (χ0v) is 15.0. The first-order valence-corrected chi connectivity index (χ1v) is 8.73. The largest absolute Gasteiger partial charge is 0.495 e. The van der Waals surface area contributed by atoms with Crippen LogP contribution in [-0.4, -0.2) is 49.2 Å². The second-order valence-corrected chi connectivity index (χ2v) is 6.76. The van der Waals surface area contributed by atoms with Crippen LogP contribution in [0.1, 0.15) is 47.7 Å². The Morgan fingerprint density at radius 3 is 2.48 bits per heavy atom. The summed E-state index contributed by atoms with van der Waals surface area (Å²) in [6.07, 6.45) is 3.34. The Labute approximate surface area is 147 Å². The molecule has 0 N–H and O–H groups in total. The molecule has 2 heterocycles. The summed E-state index contributed by atoms with van der Waals surface area (Å²) in [7, 11) is 1.60. The number of anilines is 1. The van der Waals surface area contributed by atoms with Crippen molar-refractivity contribution in [3.8, 4) is 5.75 Å². The van der Waals surface area contributed by atoms with Gasteiger partial charge in [0.2, 0.25) is 11.8 Å². The van der Waals surface area contributed by atoms with Gasteiger partial charge < -0.3 is 9.64 Å². The number of methoxy groups -OCH3 is 1. The molecule has 2 amide bonds. The minimum Gasteiger partial charge on any atom is -0.495 e. The van der Waals surface area contributed by atoms with E-state index in [0.717, 1.165) is 35.9 Å². The van der Waals surface area contributed by atoms with Crippen LogP contribution in [0.2, 0.25) is 0 Å². The molecule has 1 aromatic carbocycles. The predicted octanol–water partition coefficient (Wildman–Crippen LogP) is 2.11. The summed E-state index contributed by atoms with van der Waals surface area (Å²) in [4.78, 5) is 38.7. The summed E-state index contributed by atoms with van der Waals surface area (Å²) in [6, 6.07) is 2.05. The van der Waals surface area contributed by atoms with Gasteiger partial charge >= 0.3 is 0 Å². The first-order chi connectivity index (χ1) is 12.0. The molecule has 6 heteroatoms. The van der Waals surface area contributed by atoms with Gasteiger partial charge in [0.05, 0.1) is 12.8 Å². The Balaban J connectivity index is 1.93. The van der Waals surface area contributed by atoms with Gasteiger partial charge in [0, 0.05) is 37.5 Å². The molecular formula is C19H24N2O4. The quantitative estimate of drug-likeness (QED) is 0.604. The minimum atomic E-state index is -0.0886. The minimum absolute atomic E-state index is 0.0886. The molecule has 134 valence electrons. The molecule has 3 rings (SSSR count). The van der Waals surface area contributed by atoms with Crippen LogP contribution in [0, 0.1) is 6.92 Å². The van der Waals surface area contributed by atoms with Crippen molar-refractivity contribution in [2.24, 2.45) is 0 Å². The highest BCUT2D eigenvalue weighted by Crippen LogP contribution is 2.41. The molecule has 0 radical (unpaired) electrons. The highest BCUT2D eigenvalue weighted by atomic mass is 16.5. The molecule has 6 nitrogen and oxygen atoms in total. The fraction of sp³-hybridized carbons (Fsp3) is 0.526. The number of carbonyl (C=O) groups excluding carboxylic acids is 3. The maximum atomic E-state index is 11.9. The Morgan fingerprint density at radius 1 is 1.20 bits per heavy atom. The second kappa shape index (κ2) is 6.86. The summed E-state index contributed by atoms with van der Waals surface area (Å²) in [5, 5.41) is 0. The van der Waals surface area contributed by atoms with Crippen molar-refractivity contribution in [2.45, 2.75) is 45.6 Å². The number of hydrogen-bond donors (Lipinski definition) is 0. The molecule has 1 saturated heterocycles. The van der Waals surface area contributed by atoms with E-state index in [4.69, 9.17) is 4.74 Å². The molecule has 1 fully saturated rings. The average molecular weight is 344 g/mol. The molecule has 1 atom stereocenters. The van der Waals surface area contributed by atoms with E-state index in [9.17, 15) is 14.4 Å². The molecule has 0 aromatic heterocycles. The van der Waals surface area contributed by atoms with Crippen molar-refractivity contribution in [2.75, 3.05) is 25.1 Å². The summed E-state index contributed by atoms with van der Waals surface area (Å²) >= 11 is 0. The Kier molecular flexibility index (Phi) is 4.79. The Hall–Kier alpha value is -2.37. The van der Waals surface area contributed by atoms with E-state index in [1.807, 2.05) is 6.92 Å². The lowest BCUT2D eigenvalue weighted by Crippen LogP contribution is -2.44. The lowest BCUT2D eigenvalue weighted by Gasteiger charge is -2.39. The van der Waals surface area contributed by atoms with Crippen molar-refractivity contribution in [1.82, 2.24) is 4.90 Å². The van der Waals surface area contributed by atoms with Gasteiger partial charge in [-0.1, -0.05) is 0 Å². The van der Waals surface area contributed by atoms with Crippen LogP contribution in [0.5, 0.6) is 5.75 Å². The van der Waals surface area contributed by atoms with Crippen LogP contribution in [0.3, 0.4) is 0 Å². The van der Waals surface area contributed by atoms with E-state index in [2.05, 4.69) is 11.8 Å². The molecule has 0 spiro atoms. The van der Waals surface area contributed by atoms with Gasteiger partial charge in [0.25, 0.3) is 0 Å². The topological polar surface area (TPSA) is 66.9 Å². The fourth-order valence-electron chi connectivity index (χ4n) is 3.86. The summed E-state index contributed by atoms with van der Waals surface area (Å²) in [5.41, 5.74) is 3.74. The first-order valence-electron chi connectivity index (χ1n) is 8.73. The maximum absolute atomic E-state index is 11.9. The lowest BCUT2D eigenvalue weighted by molar-refractivity contribution is -0.138. The third-order valence-corrected chi connectivity index (χ3v) is 5.39. The number of likely N-dealkylation sites (tertiary alicyclic amines) is 1. The highest BCUT2D eigenvalue weighted by molar-refractivity contribution is 6.01. The van der Waals surface area contributed by atoms with E-state index < -0.39 is 0 Å². The smallest absolute Gasteiger partial charge is 0.229 e. The van der Waals surface area contributed by atoms with E-state index in [1.165, 1.54) is 4.90 Å². The molecule has 1 unspecified atom stereocenters. The van der Waals surface area contributed by atoms with Crippen molar-refractivity contribution < 1.29 is 19.1 Å². The summed E-state index contributed by atoms with van der Waals surface area (Å²) < 4.78 is 5.55. The molecule has 0 aliphatic carbocycles. The van der Waals surface area contributed by atoms with Crippen molar-refractivity contribution in [3.63, 3.8) is 0 Å². The number of amides is 2. The molecular weight excluding hydrogens is 320 g/mol. The van der Waals surface area contributed by atoms with Crippen molar-refractivity contribution in [1.29, 1.82) is 0 Å². The van der Waals surface area contributed by atoms with Crippen LogP contribution in [0.4, 0.5) is 5.69 Å². The number of imide groups is 1. The van der Waals surface area contributed by atoms with Crippen LogP contribution in [0.25, 0.3) is 0 Å². The SMILES string of the molecule is COc1cc(C=O)c(C)c2c1N(CCN1C(=O)CCC1=O)C(C)CC2. The van der Waals surface area contributed by atoms with Crippen LogP contribution < -0.4 is 9.64 Å². The van der Waals surface area contributed by atoms with E-state index in [1.54, 1.807) is 13.2 Å². The summed E-state index contributed by atoms with van der Waals surface area (Å²) in [5.74, 6) is 0.497. The Morgan fingerprint density at radius 2 is 1.88 bits per heavy atom. The van der Waals surface area contributed by atoms with Gasteiger partial charge in [-0.2, -0.15) is 0 Å². The number of rotatable bonds is 5. The molecule has 2 aliphatic heterocycles. The number of nitrogens with zero attached hydrogens (tertiary/aromatic N) is 2. The van der Waals surface area contributed by atoms with E-state index >= 15 is 0 Å². The standard InChI is InChI=1S/C19H24N2O4/c1-12-4-5-15-13(2)14(11-22)10-16(25-3)19(15)20(12)8-9-21-17(23)6-7-18(21)24/h10-12H,4-9H2,1-3H3. The third-order valence-electron chi connectivity index (χ3n) is 5.39. The fourth-order valence-corrected chi connectivity index (χ4v) is 3.86. The molecule has 2 aliphatic rings. The van der Waals surface area contributed by atoms with Gasteiger partial charge in [-0.25, -0.2) is 0 Å². The second-order valence-electron chi connectivity index (χ2n) is 6.76. The van der Waals surface area contributed by atoms with Gasteiger partial charge in [0.15, 0.2) is 0 Å². The van der Waals surface area contributed by atoms with Crippen LogP contribution in [0.15, 0.2) is 6.07 Å². The van der Waals surface area contributed by atoms with Gasteiger partial charge in [-0.05, 0) is 43.9 Å². The number of ether oxygens (including phenoxy) is 1. The van der Waals surface area contributed by atoms with E-state index in [-0.39, 0.29) is 17.9 Å². The van der Waals surface area contributed by atoms with E-state index in [0.29, 0.717) is 37.2 Å². The third kappa shape index (κ3) is 3.01.